The van der Waals surface area contributed by atoms with Crippen molar-refractivity contribution in [1.82, 2.24) is 5.32 Å². The SMILES string of the molecule is COc1ccc(Cl)cc1C(NC(=O)CC(C)(C)O[Si](C)(C)C(C)(C)C)C(N)=O. The molecule has 1 aromatic carbocycles. The van der Waals surface area contributed by atoms with Crippen molar-refractivity contribution in [2.75, 3.05) is 7.11 Å². The van der Waals surface area contributed by atoms with Crippen LogP contribution in [0.25, 0.3) is 0 Å². The van der Waals surface area contributed by atoms with Crippen molar-refractivity contribution in [2.45, 2.75) is 70.8 Å². The summed E-state index contributed by atoms with van der Waals surface area (Å²) in [6.07, 6.45) is 0.0895. The van der Waals surface area contributed by atoms with Gasteiger partial charge in [0.25, 0.3) is 0 Å². The Bertz CT molecular complexity index is 729. The Hall–Kier alpha value is -1.57. The fraction of sp³-hybridized carbons (Fsp3) is 0.600. The van der Waals surface area contributed by atoms with Crippen LogP contribution in [0.4, 0.5) is 0 Å². The van der Waals surface area contributed by atoms with Crippen molar-refractivity contribution >= 4 is 31.7 Å². The van der Waals surface area contributed by atoms with Crippen LogP contribution in [0.1, 0.15) is 52.6 Å². The first-order valence-electron chi connectivity index (χ1n) is 9.22. The lowest BCUT2D eigenvalue weighted by atomic mass is 10.0. The second kappa shape index (κ2) is 8.84. The summed E-state index contributed by atoms with van der Waals surface area (Å²) in [6, 6.07) is 3.78. The van der Waals surface area contributed by atoms with Gasteiger partial charge in [-0.2, -0.15) is 0 Å². The van der Waals surface area contributed by atoms with E-state index in [-0.39, 0.29) is 17.4 Å². The normalized spacial score (nSPS) is 13.8. The van der Waals surface area contributed by atoms with Gasteiger partial charge in [-0.25, -0.2) is 0 Å². The van der Waals surface area contributed by atoms with Gasteiger partial charge in [-0.1, -0.05) is 32.4 Å². The van der Waals surface area contributed by atoms with E-state index < -0.39 is 25.9 Å². The van der Waals surface area contributed by atoms with Gasteiger partial charge >= 0.3 is 0 Å². The summed E-state index contributed by atoms with van der Waals surface area (Å²) in [5.74, 6) is -0.614. The third kappa shape index (κ3) is 6.50. The largest absolute Gasteiger partial charge is 0.496 e. The standard InChI is InChI=1S/C20H33ClN2O4Si/c1-19(2,3)28(7,8)27-20(4,5)12-16(24)23-17(18(22)25)14-11-13(21)9-10-15(14)26-6/h9-11,17H,12H2,1-8H3,(H2,22,25)(H,23,24). The molecule has 1 aromatic rings. The number of methoxy groups -OCH3 is 1. The van der Waals surface area contributed by atoms with Gasteiger partial charge in [0.2, 0.25) is 11.8 Å². The molecule has 3 N–H and O–H groups in total. The zero-order valence-corrected chi connectivity index (χ0v) is 19.9. The number of amides is 2. The molecule has 0 aliphatic heterocycles. The lowest BCUT2D eigenvalue weighted by Crippen LogP contribution is -2.49. The highest BCUT2D eigenvalue weighted by Crippen LogP contribution is 2.39. The molecule has 0 saturated heterocycles. The summed E-state index contributed by atoms with van der Waals surface area (Å²) >= 11 is 6.05. The summed E-state index contributed by atoms with van der Waals surface area (Å²) in [5.41, 5.74) is 5.27. The number of carbonyl (C=O) groups is 2. The third-order valence-electron chi connectivity index (χ3n) is 5.02. The van der Waals surface area contributed by atoms with Gasteiger partial charge in [0, 0.05) is 10.6 Å². The van der Waals surface area contributed by atoms with Crippen LogP contribution in [0.5, 0.6) is 5.75 Å². The lowest BCUT2D eigenvalue weighted by Gasteiger charge is -2.42. The van der Waals surface area contributed by atoms with E-state index in [2.05, 4.69) is 39.2 Å². The minimum atomic E-state index is -2.06. The van der Waals surface area contributed by atoms with Gasteiger partial charge in [0.1, 0.15) is 11.8 Å². The number of benzene rings is 1. The summed E-state index contributed by atoms with van der Waals surface area (Å²) in [4.78, 5) is 24.7. The highest BCUT2D eigenvalue weighted by Gasteiger charge is 2.42. The molecule has 0 bridgehead atoms. The van der Waals surface area contributed by atoms with Crippen molar-refractivity contribution in [2.24, 2.45) is 5.73 Å². The van der Waals surface area contributed by atoms with Crippen molar-refractivity contribution in [3.8, 4) is 5.75 Å². The van der Waals surface area contributed by atoms with Gasteiger partial charge in [0.05, 0.1) is 19.1 Å². The first kappa shape index (κ1) is 24.5. The Labute approximate surface area is 174 Å². The zero-order chi connectivity index (χ0) is 21.9. The van der Waals surface area contributed by atoms with Gasteiger partial charge in [0.15, 0.2) is 8.32 Å². The minimum absolute atomic E-state index is 0.0185. The predicted octanol–water partition coefficient (Wildman–Crippen LogP) is 4.18. The Morgan fingerprint density at radius 1 is 1.21 bits per heavy atom. The summed E-state index contributed by atoms with van der Waals surface area (Å²) in [5, 5.41) is 3.13. The molecule has 28 heavy (non-hydrogen) atoms. The van der Waals surface area contributed by atoms with Crippen LogP contribution in [-0.2, 0) is 14.0 Å². The number of rotatable bonds is 8. The first-order chi connectivity index (χ1) is 12.6. The van der Waals surface area contributed by atoms with Gasteiger partial charge < -0.3 is 20.2 Å². The van der Waals surface area contributed by atoms with E-state index >= 15 is 0 Å². The van der Waals surface area contributed by atoms with Crippen LogP contribution in [0.2, 0.25) is 23.2 Å². The number of halogens is 1. The molecular weight excluding hydrogens is 396 g/mol. The third-order valence-corrected chi connectivity index (χ3v) is 9.93. The average molecular weight is 429 g/mol. The van der Waals surface area contributed by atoms with E-state index in [1.54, 1.807) is 18.2 Å². The van der Waals surface area contributed by atoms with E-state index in [0.29, 0.717) is 16.3 Å². The topological polar surface area (TPSA) is 90.7 Å². The molecule has 8 heteroatoms. The summed E-state index contributed by atoms with van der Waals surface area (Å²) in [7, 11) is -0.589. The van der Waals surface area contributed by atoms with Crippen LogP contribution in [0, 0.1) is 0 Å². The van der Waals surface area contributed by atoms with Gasteiger partial charge in [-0.15, -0.1) is 0 Å². The molecule has 0 fully saturated rings. The van der Waals surface area contributed by atoms with Crippen LogP contribution in [0.3, 0.4) is 0 Å². The molecule has 2 amide bonds. The van der Waals surface area contributed by atoms with Crippen LogP contribution < -0.4 is 15.8 Å². The highest BCUT2D eigenvalue weighted by molar-refractivity contribution is 6.74. The maximum absolute atomic E-state index is 12.7. The molecule has 0 aliphatic carbocycles. The molecule has 6 nitrogen and oxygen atoms in total. The Morgan fingerprint density at radius 3 is 2.25 bits per heavy atom. The Kier molecular flexibility index (Phi) is 7.72. The quantitative estimate of drug-likeness (QED) is 0.607. The van der Waals surface area contributed by atoms with Crippen LogP contribution >= 0.6 is 11.6 Å². The number of hydrogen-bond acceptors (Lipinski definition) is 4. The number of carbonyl (C=O) groups excluding carboxylic acids is 2. The first-order valence-corrected chi connectivity index (χ1v) is 12.5. The second-order valence-corrected chi connectivity index (χ2v) is 14.2. The Balaban J connectivity index is 3.00. The molecule has 1 unspecified atom stereocenters. The number of nitrogens with two attached hydrogens (primary N) is 1. The van der Waals surface area contributed by atoms with E-state index in [4.69, 9.17) is 26.5 Å². The number of hydrogen-bond donors (Lipinski definition) is 2. The molecule has 0 aromatic heterocycles. The highest BCUT2D eigenvalue weighted by atomic mass is 35.5. The second-order valence-electron chi connectivity index (χ2n) is 9.09. The molecule has 0 heterocycles. The monoisotopic (exact) mass is 428 g/mol. The average Bonchev–Trinajstić information content (AvgIpc) is 2.49. The Morgan fingerprint density at radius 2 is 1.79 bits per heavy atom. The summed E-state index contributed by atoms with van der Waals surface area (Å²) < 4.78 is 11.7. The van der Waals surface area contributed by atoms with Crippen molar-refractivity contribution in [3.05, 3.63) is 28.8 Å². The molecule has 0 aliphatic rings. The van der Waals surface area contributed by atoms with Crippen LogP contribution in [0.15, 0.2) is 18.2 Å². The maximum Gasteiger partial charge on any atom is 0.244 e. The molecule has 158 valence electrons. The summed E-state index contributed by atoms with van der Waals surface area (Å²) in [6.45, 7) is 14.5. The van der Waals surface area contributed by atoms with E-state index in [1.807, 2.05) is 13.8 Å². The minimum Gasteiger partial charge on any atom is -0.496 e. The van der Waals surface area contributed by atoms with E-state index in [9.17, 15) is 9.59 Å². The van der Waals surface area contributed by atoms with Crippen molar-refractivity contribution in [3.63, 3.8) is 0 Å². The predicted molar refractivity (Wildman–Crippen MR) is 115 cm³/mol. The van der Waals surface area contributed by atoms with E-state index in [1.165, 1.54) is 7.11 Å². The molecule has 1 atom stereocenters. The van der Waals surface area contributed by atoms with Crippen LogP contribution in [-0.4, -0.2) is 32.8 Å². The molecule has 0 spiro atoms. The fourth-order valence-corrected chi connectivity index (χ4v) is 4.65. The fourth-order valence-electron chi connectivity index (χ4n) is 2.71. The number of nitrogens with one attached hydrogen (secondary N) is 1. The lowest BCUT2D eigenvalue weighted by molar-refractivity contribution is -0.129. The number of primary amides is 1. The molecule has 1 rings (SSSR count). The smallest absolute Gasteiger partial charge is 0.244 e. The van der Waals surface area contributed by atoms with Crippen molar-refractivity contribution in [1.29, 1.82) is 0 Å². The molecule has 0 saturated carbocycles. The molecular formula is C20H33ClN2O4Si. The van der Waals surface area contributed by atoms with E-state index in [0.717, 1.165) is 0 Å². The van der Waals surface area contributed by atoms with Crippen molar-refractivity contribution < 1.29 is 18.8 Å². The maximum atomic E-state index is 12.7. The van der Waals surface area contributed by atoms with Gasteiger partial charge in [-0.3, -0.25) is 9.59 Å². The molecule has 0 radical (unpaired) electrons. The van der Waals surface area contributed by atoms with Gasteiger partial charge in [-0.05, 0) is 50.2 Å². The number of ether oxygens (including phenoxy) is 1. The zero-order valence-electron chi connectivity index (χ0n) is 18.1.